The van der Waals surface area contributed by atoms with E-state index < -0.39 is 0 Å². The lowest BCUT2D eigenvalue weighted by Gasteiger charge is -2.38. The van der Waals surface area contributed by atoms with E-state index in [-0.39, 0.29) is 23.5 Å². The van der Waals surface area contributed by atoms with Gasteiger partial charge in [-0.2, -0.15) is 5.10 Å². The maximum Gasteiger partial charge on any atom is 0.255 e. The summed E-state index contributed by atoms with van der Waals surface area (Å²) in [6.45, 7) is 11.2. The molecule has 28 heavy (non-hydrogen) atoms. The highest BCUT2D eigenvalue weighted by atomic mass is 16.2. The normalized spacial score (nSPS) is 21.9. The van der Waals surface area contributed by atoms with E-state index >= 15 is 0 Å². The smallest absolute Gasteiger partial charge is 0.255 e. The molecule has 0 bridgehead atoms. The number of carbonyl (C=O) groups is 1. The van der Waals surface area contributed by atoms with Crippen molar-refractivity contribution in [1.29, 1.82) is 0 Å². The van der Waals surface area contributed by atoms with Gasteiger partial charge < -0.3 is 10.6 Å². The number of amides is 1. The first-order chi connectivity index (χ1) is 13.2. The van der Waals surface area contributed by atoms with Gasteiger partial charge in [0.1, 0.15) is 0 Å². The summed E-state index contributed by atoms with van der Waals surface area (Å²) in [6, 6.07) is 2.12. The van der Waals surface area contributed by atoms with Gasteiger partial charge in [0.25, 0.3) is 5.91 Å². The molecule has 6 heteroatoms. The van der Waals surface area contributed by atoms with Crippen LogP contribution in [0.5, 0.6) is 0 Å². The Hall–Kier alpha value is -1.95. The van der Waals surface area contributed by atoms with Gasteiger partial charge in [0.15, 0.2) is 5.65 Å². The Kier molecular flexibility index (Phi) is 4.73. The van der Waals surface area contributed by atoms with Gasteiger partial charge in [-0.05, 0) is 72.8 Å². The summed E-state index contributed by atoms with van der Waals surface area (Å²) < 4.78 is 1.99. The standard InChI is InChI=1S/C22H33N5O/c1-13(23)18-8-6-7-11-26(18)21(28)16-12-17(15-9-10-15)24-20-19(16)14(2)25-27(20)22(3,4)5/h12-13,15,18H,6-11,23H2,1-5H3. The summed E-state index contributed by atoms with van der Waals surface area (Å²) in [6.07, 6.45) is 5.46. The van der Waals surface area contributed by atoms with Crippen LogP contribution in [0.4, 0.5) is 0 Å². The second-order valence-corrected chi connectivity index (χ2v) is 9.66. The molecule has 0 aromatic carbocycles. The third kappa shape index (κ3) is 3.32. The Labute approximate surface area is 167 Å². The van der Waals surface area contributed by atoms with Crippen molar-refractivity contribution in [1.82, 2.24) is 19.7 Å². The van der Waals surface area contributed by atoms with Gasteiger partial charge in [-0.15, -0.1) is 0 Å². The lowest BCUT2D eigenvalue weighted by molar-refractivity contribution is 0.0585. The number of rotatable bonds is 3. The maximum atomic E-state index is 13.7. The van der Waals surface area contributed by atoms with Crippen LogP contribution in [0, 0.1) is 6.92 Å². The Bertz CT molecular complexity index is 904. The fourth-order valence-electron chi connectivity index (χ4n) is 4.44. The van der Waals surface area contributed by atoms with E-state index in [1.54, 1.807) is 0 Å². The average molecular weight is 384 g/mol. The number of pyridine rings is 1. The van der Waals surface area contributed by atoms with Crippen molar-refractivity contribution in [2.75, 3.05) is 6.54 Å². The van der Waals surface area contributed by atoms with Gasteiger partial charge in [-0.3, -0.25) is 4.79 Å². The molecule has 2 N–H and O–H groups in total. The van der Waals surface area contributed by atoms with E-state index in [0.29, 0.717) is 5.92 Å². The molecule has 1 aliphatic carbocycles. The Morgan fingerprint density at radius 2 is 1.96 bits per heavy atom. The van der Waals surface area contributed by atoms with E-state index in [4.69, 9.17) is 15.8 Å². The van der Waals surface area contributed by atoms with Crippen LogP contribution in [0.25, 0.3) is 11.0 Å². The van der Waals surface area contributed by atoms with Crippen molar-refractivity contribution in [3.8, 4) is 0 Å². The molecule has 2 atom stereocenters. The third-order valence-corrected chi connectivity index (χ3v) is 6.11. The SMILES string of the molecule is Cc1nn(C(C)(C)C)c2nc(C3CC3)cc(C(=O)N3CCCCC3C(C)N)c12. The second-order valence-electron chi connectivity index (χ2n) is 9.66. The topological polar surface area (TPSA) is 77.0 Å². The van der Waals surface area contributed by atoms with Gasteiger partial charge in [0, 0.05) is 30.2 Å². The van der Waals surface area contributed by atoms with Gasteiger partial charge in [0.2, 0.25) is 0 Å². The van der Waals surface area contributed by atoms with E-state index in [2.05, 4.69) is 20.8 Å². The minimum absolute atomic E-state index is 0.0251. The molecule has 0 spiro atoms. The first kappa shape index (κ1) is 19.4. The quantitative estimate of drug-likeness (QED) is 0.876. The van der Waals surface area contributed by atoms with Gasteiger partial charge in [-0.25, -0.2) is 9.67 Å². The van der Waals surface area contributed by atoms with E-state index in [0.717, 1.165) is 66.6 Å². The number of likely N-dealkylation sites (tertiary alicyclic amines) is 1. The summed E-state index contributed by atoms with van der Waals surface area (Å²) in [5.41, 5.74) is 9.56. The number of aryl methyl sites for hydroxylation is 1. The zero-order valence-corrected chi connectivity index (χ0v) is 17.8. The van der Waals surface area contributed by atoms with Crippen molar-refractivity contribution < 1.29 is 4.79 Å². The molecule has 1 saturated carbocycles. The molecular weight excluding hydrogens is 350 g/mol. The van der Waals surface area contributed by atoms with Crippen LogP contribution < -0.4 is 5.73 Å². The summed E-state index contributed by atoms with van der Waals surface area (Å²) >= 11 is 0. The van der Waals surface area contributed by atoms with Gasteiger partial charge >= 0.3 is 0 Å². The zero-order valence-electron chi connectivity index (χ0n) is 17.8. The number of hydrogen-bond acceptors (Lipinski definition) is 4. The number of aromatic nitrogens is 3. The summed E-state index contributed by atoms with van der Waals surface area (Å²) in [5, 5.41) is 5.68. The van der Waals surface area contributed by atoms with Crippen LogP contribution in [-0.4, -0.2) is 44.2 Å². The molecule has 3 heterocycles. The largest absolute Gasteiger partial charge is 0.334 e. The van der Waals surface area contributed by atoms with Crippen molar-refractivity contribution in [3.63, 3.8) is 0 Å². The predicted molar refractivity (Wildman–Crippen MR) is 112 cm³/mol. The third-order valence-electron chi connectivity index (χ3n) is 6.11. The fourth-order valence-corrected chi connectivity index (χ4v) is 4.44. The number of fused-ring (bicyclic) bond motifs is 1. The molecule has 152 valence electrons. The molecule has 0 radical (unpaired) electrons. The number of nitrogens with zero attached hydrogens (tertiary/aromatic N) is 4. The van der Waals surface area contributed by atoms with Crippen molar-refractivity contribution in [3.05, 3.63) is 23.0 Å². The Balaban J connectivity index is 1.88. The molecule has 2 fully saturated rings. The van der Waals surface area contributed by atoms with Crippen LogP contribution in [0.2, 0.25) is 0 Å². The first-order valence-corrected chi connectivity index (χ1v) is 10.7. The lowest BCUT2D eigenvalue weighted by Crippen LogP contribution is -2.51. The van der Waals surface area contributed by atoms with Crippen LogP contribution in [0.1, 0.15) is 87.5 Å². The molecular formula is C22H33N5O. The highest BCUT2D eigenvalue weighted by Crippen LogP contribution is 2.41. The number of carbonyl (C=O) groups excluding carboxylic acids is 1. The molecule has 4 rings (SSSR count). The molecule has 2 unspecified atom stereocenters. The fraction of sp³-hybridized carbons (Fsp3) is 0.682. The maximum absolute atomic E-state index is 13.7. The van der Waals surface area contributed by atoms with Crippen molar-refractivity contribution in [2.45, 2.75) is 90.3 Å². The molecule has 2 aliphatic rings. The van der Waals surface area contributed by atoms with Crippen LogP contribution in [0.15, 0.2) is 6.07 Å². The molecule has 1 amide bonds. The van der Waals surface area contributed by atoms with Crippen LogP contribution >= 0.6 is 0 Å². The molecule has 2 aromatic heterocycles. The number of piperidine rings is 1. The number of hydrogen-bond donors (Lipinski definition) is 1. The van der Waals surface area contributed by atoms with Crippen molar-refractivity contribution in [2.24, 2.45) is 5.73 Å². The second kappa shape index (κ2) is 6.83. The van der Waals surface area contributed by atoms with Gasteiger partial charge in [-0.1, -0.05) is 0 Å². The minimum Gasteiger partial charge on any atom is -0.334 e. The highest BCUT2D eigenvalue weighted by molar-refractivity contribution is 6.06. The van der Waals surface area contributed by atoms with E-state index in [1.807, 2.05) is 29.5 Å². The Morgan fingerprint density at radius 3 is 2.57 bits per heavy atom. The number of nitrogens with two attached hydrogens (primary N) is 1. The lowest BCUT2D eigenvalue weighted by atomic mass is 9.95. The predicted octanol–water partition coefficient (Wildman–Crippen LogP) is 3.71. The summed E-state index contributed by atoms with van der Waals surface area (Å²) in [4.78, 5) is 20.7. The molecule has 1 aliphatic heterocycles. The Morgan fingerprint density at radius 1 is 1.25 bits per heavy atom. The van der Waals surface area contributed by atoms with Crippen LogP contribution in [-0.2, 0) is 5.54 Å². The average Bonchev–Trinajstić information content (AvgIpc) is 3.43. The monoisotopic (exact) mass is 383 g/mol. The van der Waals surface area contributed by atoms with Crippen LogP contribution in [0.3, 0.4) is 0 Å². The summed E-state index contributed by atoms with van der Waals surface area (Å²) in [5.74, 6) is 0.568. The molecule has 2 aromatic rings. The first-order valence-electron chi connectivity index (χ1n) is 10.7. The minimum atomic E-state index is -0.193. The zero-order chi connectivity index (χ0) is 20.2. The van der Waals surface area contributed by atoms with Gasteiger partial charge in [0.05, 0.1) is 22.2 Å². The van der Waals surface area contributed by atoms with Crippen molar-refractivity contribution >= 4 is 16.9 Å². The van der Waals surface area contributed by atoms with E-state index in [1.165, 1.54) is 0 Å². The molecule has 6 nitrogen and oxygen atoms in total. The highest BCUT2D eigenvalue weighted by Gasteiger charge is 2.34. The molecule has 1 saturated heterocycles. The summed E-state index contributed by atoms with van der Waals surface area (Å²) in [7, 11) is 0. The van der Waals surface area contributed by atoms with E-state index in [9.17, 15) is 4.79 Å².